The van der Waals surface area contributed by atoms with E-state index >= 15 is 0 Å². The summed E-state index contributed by atoms with van der Waals surface area (Å²) in [7, 11) is -3.98. The molecule has 8 nitrogen and oxygen atoms in total. The van der Waals surface area contributed by atoms with Crippen molar-refractivity contribution in [2.24, 2.45) is 0 Å². The molecule has 2 aromatic rings. The fraction of sp³-hybridized carbons (Fsp3) is 0.500. The molecule has 0 radical (unpaired) electrons. The van der Waals surface area contributed by atoms with Crippen LogP contribution in [0.4, 0.5) is 13.2 Å². The largest absolute Gasteiger partial charge is 0.416 e. The molecule has 1 unspecified atom stereocenters. The Morgan fingerprint density at radius 1 is 1.29 bits per heavy atom. The van der Waals surface area contributed by atoms with Gasteiger partial charge in [-0.3, -0.25) is 4.79 Å². The van der Waals surface area contributed by atoms with Gasteiger partial charge in [0.05, 0.1) is 28.8 Å². The molecule has 1 aromatic carbocycles. The van der Waals surface area contributed by atoms with Gasteiger partial charge in [-0.05, 0) is 31.0 Å². The van der Waals surface area contributed by atoms with Crippen molar-refractivity contribution < 1.29 is 26.3 Å². The van der Waals surface area contributed by atoms with Gasteiger partial charge in [0.1, 0.15) is 0 Å². The first-order valence-electron chi connectivity index (χ1n) is 8.34. The van der Waals surface area contributed by atoms with Crippen molar-refractivity contribution in [2.75, 3.05) is 17.7 Å². The van der Waals surface area contributed by atoms with E-state index in [9.17, 15) is 31.2 Å². The van der Waals surface area contributed by atoms with Gasteiger partial charge in [-0.15, -0.1) is 0 Å². The lowest BCUT2D eigenvalue weighted by Crippen LogP contribution is -2.43. The van der Waals surface area contributed by atoms with Crippen LogP contribution >= 0.6 is 0 Å². The van der Waals surface area contributed by atoms with Crippen LogP contribution in [0.1, 0.15) is 43.9 Å². The number of hydrogen-bond donors (Lipinski definition) is 2. The molecular weight excluding hydrogens is 403 g/mol. The number of aromatic amines is 1. The second-order valence-corrected chi connectivity index (χ2v) is 8.01. The van der Waals surface area contributed by atoms with E-state index in [1.54, 1.807) is 4.83 Å². The van der Waals surface area contributed by atoms with Gasteiger partial charge in [-0.25, -0.2) is 18.0 Å². The minimum Gasteiger partial charge on any atom is -0.374 e. The van der Waals surface area contributed by atoms with E-state index in [2.05, 4.69) is 4.98 Å². The number of rotatable bonds is 7. The van der Waals surface area contributed by atoms with Crippen molar-refractivity contribution in [1.82, 2.24) is 9.66 Å². The number of aromatic nitrogens is 2. The molecule has 12 heteroatoms. The van der Waals surface area contributed by atoms with Gasteiger partial charge in [0.25, 0.3) is 5.56 Å². The Bertz CT molecular complexity index is 1090. The van der Waals surface area contributed by atoms with Crippen LogP contribution in [0.5, 0.6) is 0 Å². The molecule has 0 amide bonds. The van der Waals surface area contributed by atoms with Crippen molar-refractivity contribution in [3.05, 3.63) is 44.1 Å². The zero-order valence-electron chi connectivity index (χ0n) is 15.4. The molecule has 156 valence electrons. The smallest absolute Gasteiger partial charge is 0.374 e. The standard InChI is InChI=1S/C16H20F3N3O5S/c1-4-5-6-27-9(2)10-7-11-13(8-12(10)16(17,18)19)20-15(24)22(14(11)23)21-28(3,25)26/h7-9,21H,4-6H2,1-3H3,(H,20,24). The highest BCUT2D eigenvalue weighted by atomic mass is 32.2. The molecule has 1 heterocycles. The van der Waals surface area contributed by atoms with Crippen LogP contribution in [-0.2, 0) is 20.9 Å². The van der Waals surface area contributed by atoms with E-state index in [4.69, 9.17) is 4.74 Å². The summed E-state index contributed by atoms with van der Waals surface area (Å²) in [4.78, 5) is 28.3. The third kappa shape index (κ3) is 4.93. The van der Waals surface area contributed by atoms with E-state index in [0.29, 0.717) is 12.5 Å². The Labute approximate surface area is 158 Å². The van der Waals surface area contributed by atoms with Gasteiger partial charge < -0.3 is 9.72 Å². The van der Waals surface area contributed by atoms with E-state index < -0.39 is 39.1 Å². The molecule has 2 N–H and O–H groups in total. The van der Waals surface area contributed by atoms with E-state index in [1.807, 2.05) is 6.92 Å². The summed E-state index contributed by atoms with van der Waals surface area (Å²) in [6.07, 6.45) is -3.56. The maximum Gasteiger partial charge on any atom is 0.416 e. The summed E-state index contributed by atoms with van der Waals surface area (Å²) in [5, 5.41) is -0.287. The molecule has 0 aliphatic heterocycles. The van der Waals surface area contributed by atoms with Crippen molar-refractivity contribution in [2.45, 2.75) is 39.0 Å². The van der Waals surface area contributed by atoms with Gasteiger partial charge in [0.2, 0.25) is 10.0 Å². The summed E-state index contributed by atoms with van der Waals surface area (Å²) < 4.78 is 68.9. The Morgan fingerprint density at radius 2 is 1.93 bits per heavy atom. The quantitative estimate of drug-likeness (QED) is 0.663. The van der Waals surface area contributed by atoms with Crippen molar-refractivity contribution >= 4 is 20.9 Å². The molecule has 1 atom stereocenters. The monoisotopic (exact) mass is 423 g/mol. The van der Waals surface area contributed by atoms with Gasteiger partial charge in [0.15, 0.2) is 0 Å². The fourth-order valence-electron chi connectivity index (χ4n) is 2.61. The highest BCUT2D eigenvalue weighted by Gasteiger charge is 2.35. The van der Waals surface area contributed by atoms with Crippen LogP contribution in [0.3, 0.4) is 0 Å². The molecule has 1 aromatic heterocycles. The lowest BCUT2D eigenvalue weighted by atomic mass is 10.00. The first kappa shape index (κ1) is 22.0. The van der Waals surface area contributed by atoms with Crippen LogP contribution in [0.25, 0.3) is 10.9 Å². The fourth-order valence-corrected chi connectivity index (χ4v) is 3.10. The number of sulfonamides is 1. The minimum atomic E-state index is -4.75. The molecule has 28 heavy (non-hydrogen) atoms. The number of alkyl halides is 3. The summed E-state index contributed by atoms with van der Waals surface area (Å²) >= 11 is 0. The zero-order valence-corrected chi connectivity index (χ0v) is 16.2. The summed E-state index contributed by atoms with van der Waals surface area (Å²) in [6, 6.07) is 1.62. The van der Waals surface area contributed by atoms with Crippen LogP contribution in [-0.4, -0.2) is 30.9 Å². The average molecular weight is 423 g/mol. The van der Waals surface area contributed by atoms with E-state index in [0.717, 1.165) is 18.7 Å². The number of benzene rings is 1. The molecule has 0 fully saturated rings. The van der Waals surface area contributed by atoms with Crippen LogP contribution in [0.15, 0.2) is 21.7 Å². The van der Waals surface area contributed by atoms with Crippen LogP contribution in [0, 0.1) is 0 Å². The number of H-pyrrole nitrogens is 1. The molecule has 0 saturated heterocycles. The van der Waals surface area contributed by atoms with Crippen molar-refractivity contribution in [3.8, 4) is 0 Å². The van der Waals surface area contributed by atoms with Crippen LogP contribution in [0.2, 0.25) is 0 Å². The third-order valence-corrected chi connectivity index (χ3v) is 4.45. The lowest BCUT2D eigenvalue weighted by Gasteiger charge is -2.20. The summed E-state index contributed by atoms with van der Waals surface area (Å²) in [5.74, 6) is 0. The number of unbranched alkanes of at least 4 members (excludes halogenated alkanes) is 1. The molecular formula is C16H20F3N3O5S. The predicted molar refractivity (Wildman–Crippen MR) is 97.3 cm³/mol. The predicted octanol–water partition coefficient (Wildman–Crippen LogP) is 2.09. The minimum absolute atomic E-state index is 0.192. The molecule has 2 rings (SSSR count). The number of hydrogen-bond acceptors (Lipinski definition) is 5. The first-order valence-corrected chi connectivity index (χ1v) is 10.2. The Balaban J connectivity index is 2.73. The topological polar surface area (TPSA) is 110 Å². The Kier molecular flexibility index (Phi) is 6.24. The van der Waals surface area contributed by atoms with Gasteiger partial charge in [0, 0.05) is 6.61 Å². The second-order valence-electron chi connectivity index (χ2n) is 6.28. The van der Waals surface area contributed by atoms with Crippen molar-refractivity contribution in [1.29, 1.82) is 0 Å². The highest BCUT2D eigenvalue weighted by molar-refractivity contribution is 7.91. The Hall–Kier alpha value is -2.34. The van der Waals surface area contributed by atoms with Gasteiger partial charge >= 0.3 is 11.9 Å². The third-order valence-electron chi connectivity index (χ3n) is 3.93. The molecule has 0 spiro atoms. The molecule has 0 aliphatic rings. The lowest BCUT2D eigenvalue weighted by molar-refractivity contribution is -0.139. The molecule has 0 saturated carbocycles. The molecule has 0 bridgehead atoms. The Morgan fingerprint density at radius 3 is 2.46 bits per heavy atom. The van der Waals surface area contributed by atoms with Gasteiger partial charge in [-0.2, -0.15) is 17.8 Å². The second kappa shape index (κ2) is 7.95. The number of nitrogens with one attached hydrogen (secondary N) is 2. The molecule has 0 aliphatic carbocycles. The van der Waals surface area contributed by atoms with Crippen LogP contribution < -0.4 is 16.1 Å². The number of halogens is 3. The highest BCUT2D eigenvalue weighted by Crippen LogP contribution is 2.37. The van der Waals surface area contributed by atoms with E-state index in [-0.39, 0.29) is 27.7 Å². The first-order chi connectivity index (χ1) is 12.8. The maximum absolute atomic E-state index is 13.5. The normalized spacial score (nSPS) is 13.6. The zero-order chi connectivity index (χ0) is 21.3. The maximum atomic E-state index is 13.5. The summed E-state index contributed by atoms with van der Waals surface area (Å²) in [5.41, 5.74) is -4.01. The number of fused-ring (bicyclic) bond motifs is 1. The van der Waals surface area contributed by atoms with Crippen molar-refractivity contribution in [3.63, 3.8) is 0 Å². The average Bonchev–Trinajstić information content (AvgIpc) is 2.56. The number of nitrogens with zero attached hydrogens (tertiary/aromatic N) is 1. The number of ether oxygens (including phenoxy) is 1. The summed E-state index contributed by atoms with van der Waals surface area (Å²) in [6.45, 7) is 3.56. The van der Waals surface area contributed by atoms with Gasteiger partial charge in [-0.1, -0.05) is 13.3 Å². The SMILES string of the molecule is CCCCOC(C)c1cc2c(=O)n(NS(C)(=O)=O)c(=O)[nH]c2cc1C(F)(F)F. The van der Waals surface area contributed by atoms with E-state index in [1.165, 1.54) is 6.92 Å².